The molecule has 4 nitrogen and oxygen atoms in total. The van der Waals surface area contributed by atoms with E-state index in [-0.39, 0.29) is 5.54 Å². The first-order chi connectivity index (χ1) is 9.98. The lowest BCUT2D eigenvalue weighted by Crippen LogP contribution is -2.36. The molecule has 0 bridgehead atoms. The minimum Gasteiger partial charge on any atom is -0.421 e. The van der Waals surface area contributed by atoms with E-state index in [0.29, 0.717) is 11.8 Å². The van der Waals surface area contributed by atoms with Crippen molar-refractivity contribution in [1.29, 1.82) is 0 Å². The van der Waals surface area contributed by atoms with Crippen LogP contribution in [0, 0.1) is 0 Å². The Hall–Kier alpha value is -1.33. The van der Waals surface area contributed by atoms with Gasteiger partial charge in [-0.15, -0.1) is 22.0 Å². The van der Waals surface area contributed by atoms with Crippen LogP contribution in [-0.4, -0.2) is 28.5 Å². The van der Waals surface area contributed by atoms with Gasteiger partial charge in [0.25, 0.3) is 0 Å². The molecule has 2 aromatic rings. The number of hydrogen-bond acceptors (Lipinski definition) is 5. The third kappa shape index (κ3) is 5.17. The Balaban J connectivity index is 1.88. The molecule has 1 N–H and O–H groups in total. The molecule has 0 aliphatic rings. The molecule has 5 heteroatoms. The van der Waals surface area contributed by atoms with Crippen LogP contribution in [0.1, 0.15) is 33.1 Å². The maximum absolute atomic E-state index is 5.72. The zero-order valence-corrected chi connectivity index (χ0v) is 14.0. The topological polar surface area (TPSA) is 51.0 Å². The molecule has 0 saturated heterocycles. The Morgan fingerprint density at radius 1 is 1.14 bits per heavy atom. The van der Waals surface area contributed by atoms with Crippen molar-refractivity contribution in [1.82, 2.24) is 15.5 Å². The van der Waals surface area contributed by atoms with Crippen LogP contribution < -0.4 is 5.32 Å². The lowest BCUT2D eigenvalue weighted by atomic mass is 10.1. The number of nitrogens with one attached hydrogen (secondary N) is 1. The first kappa shape index (κ1) is 16.0. The van der Waals surface area contributed by atoms with Crippen LogP contribution in [0.3, 0.4) is 0 Å². The molecule has 0 aliphatic carbocycles. The maximum Gasteiger partial charge on any atom is 0.247 e. The first-order valence-corrected chi connectivity index (χ1v) is 8.42. The van der Waals surface area contributed by atoms with E-state index in [4.69, 9.17) is 4.42 Å². The lowest BCUT2D eigenvalue weighted by molar-refractivity contribution is 0.412. The number of hydrogen-bond donors (Lipinski definition) is 1. The fraction of sp³-hybridized carbons (Fsp3) is 0.500. The van der Waals surface area contributed by atoms with Gasteiger partial charge in [-0.2, -0.15) is 0 Å². The second-order valence-corrected chi connectivity index (χ2v) is 6.89. The Morgan fingerprint density at radius 2 is 1.86 bits per heavy atom. The van der Waals surface area contributed by atoms with Crippen LogP contribution >= 0.6 is 11.8 Å². The molecule has 0 fully saturated rings. The summed E-state index contributed by atoms with van der Waals surface area (Å²) in [5.41, 5.74) is 1.12. The molecular formula is C16H23N3OS. The number of aryl methyl sites for hydroxylation is 1. The van der Waals surface area contributed by atoms with Crippen molar-refractivity contribution in [2.45, 2.75) is 44.0 Å². The van der Waals surface area contributed by atoms with Crippen molar-refractivity contribution in [2.75, 3.05) is 12.8 Å². The van der Waals surface area contributed by atoms with Gasteiger partial charge in [0.15, 0.2) is 0 Å². The molecule has 0 unspecified atom stereocenters. The summed E-state index contributed by atoms with van der Waals surface area (Å²) >= 11 is 1.72. The molecule has 0 spiro atoms. The number of nitrogens with zero attached hydrogens (tertiary/aromatic N) is 2. The smallest absolute Gasteiger partial charge is 0.247 e. The van der Waals surface area contributed by atoms with E-state index in [2.05, 4.69) is 54.7 Å². The standard InChI is InChI=1S/C16H23N3OS/c1-16(2,3)17-11-5-6-14-18-19-15(20-14)12-7-9-13(21-4)10-8-12/h7-10,17H,5-6,11H2,1-4H3. The van der Waals surface area contributed by atoms with Gasteiger partial charge in [-0.1, -0.05) is 0 Å². The third-order valence-electron chi connectivity index (χ3n) is 3.03. The Bertz CT molecular complexity index is 558. The van der Waals surface area contributed by atoms with Gasteiger partial charge in [0.2, 0.25) is 11.8 Å². The fourth-order valence-electron chi connectivity index (χ4n) is 1.91. The minimum atomic E-state index is 0.152. The molecule has 0 saturated carbocycles. The van der Waals surface area contributed by atoms with Crippen LogP contribution in [0.25, 0.3) is 11.5 Å². The van der Waals surface area contributed by atoms with Crippen LogP contribution in [0.2, 0.25) is 0 Å². The average molecular weight is 305 g/mol. The predicted octanol–water partition coefficient (Wildman–Crippen LogP) is 3.78. The van der Waals surface area contributed by atoms with Crippen molar-refractivity contribution >= 4 is 11.8 Å². The van der Waals surface area contributed by atoms with Gasteiger partial charge in [0.1, 0.15) is 0 Å². The molecule has 0 atom stereocenters. The monoisotopic (exact) mass is 305 g/mol. The molecule has 1 aromatic carbocycles. The molecule has 0 aliphatic heterocycles. The molecule has 0 amide bonds. The van der Waals surface area contributed by atoms with Gasteiger partial charge in [-0.05, 0) is 64.3 Å². The summed E-state index contributed by atoms with van der Waals surface area (Å²) in [4.78, 5) is 1.23. The average Bonchev–Trinajstić information content (AvgIpc) is 2.91. The highest BCUT2D eigenvalue weighted by atomic mass is 32.2. The van der Waals surface area contributed by atoms with Crippen molar-refractivity contribution in [3.63, 3.8) is 0 Å². The Kier molecular flexibility index (Phi) is 5.42. The SMILES string of the molecule is CSc1ccc(-c2nnc(CCCNC(C)(C)C)o2)cc1. The summed E-state index contributed by atoms with van der Waals surface area (Å²) in [6.45, 7) is 7.44. The van der Waals surface area contributed by atoms with Crippen molar-refractivity contribution in [3.8, 4) is 11.5 Å². The molecule has 2 rings (SSSR count). The van der Waals surface area contributed by atoms with Crippen LogP contribution in [0.5, 0.6) is 0 Å². The summed E-state index contributed by atoms with van der Waals surface area (Å²) in [6, 6.07) is 8.17. The van der Waals surface area contributed by atoms with Crippen molar-refractivity contribution in [2.24, 2.45) is 0 Å². The lowest BCUT2D eigenvalue weighted by Gasteiger charge is -2.19. The van der Waals surface area contributed by atoms with Gasteiger partial charge < -0.3 is 9.73 Å². The van der Waals surface area contributed by atoms with Gasteiger partial charge in [0, 0.05) is 22.4 Å². The predicted molar refractivity (Wildman–Crippen MR) is 87.6 cm³/mol. The van der Waals surface area contributed by atoms with E-state index in [1.165, 1.54) is 4.90 Å². The van der Waals surface area contributed by atoms with E-state index < -0.39 is 0 Å². The minimum absolute atomic E-state index is 0.152. The van der Waals surface area contributed by atoms with Gasteiger partial charge in [-0.25, -0.2) is 0 Å². The summed E-state index contributed by atoms with van der Waals surface area (Å²) < 4.78 is 5.72. The van der Waals surface area contributed by atoms with E-state index in [0.717, 1.165) is 24.9 Å². The van der Waals surface area contributed by atoms with Crippen LogP contribution in [-0.2, 0) is 6.42 Å². The highest BCUT2D eigenvalue weighted by molar-refractivity contribution is 7.98. The van der Waals surface area contributed by atoms with Gasteiger partial charge >= 0.3 is 0 Å². The largest absolute Gasteiger partial charge is 0.421 e. The highest BCUT2D eigenvalue weighted by Crippen LogP contribution is 2.22. The van der Waals surface area contributed by atoms with E-state index in [9.17, 15) is 0 Å². The van der Waals surface area contributed by atoms with E-state index >= 15 is 0 Å². The Labute approximate surface area is 130 Å². The summed E-state index contributed by atoms with van der Waals surface area (Å²) in [6.07, 6.45) is 3.86. The second-order valence-electron chi connectivity index (χ2n) is 6.01. The number of rotatable bonds is 6. The first-order valence-electron chi connectivity index (χ1n) is 7.20. The van der Waals surface area contributed by atoms with Crippen LogP contribution in [0.15, 0.2) is 33.6 Å². The third-order valence-corrected chi connectivity index (χ3v) is 3.77. The van der Waals surface area contributed by atoms with E-state index in [1.807, 2.05) is 12.1 Å². The number of aromatic nitrogens is 2. The summed E-state index contributed by atoms with van der Waals surface area (Å²) in [7, 11) is 0. The molecular weight excluding hydrogens is 282 g/mol. The Morgan fingerprint density at radius 3 is 2.48 bits per heavy atom. The van der Waals surface area contributed by atoms with E-state index in [1.54, 1.807) is 11.8 Å². The van der Waals surface area contributed by atoms with Crippen molar-refractivity contribution < 1.29 is 4.42 Å². The zero-order valence-electron chi connectivity index (χ0n) is 13.1. The molecule has 0 radical (unpaired) electrons. The zero-order chi connectivity index (χ0) is 15.3. The molecule has 114 valence electrons. The van der Waals surface area contributed by atoms with Gasteiger partial charge in [0.05, 0.1) is 0 Å². The van der Waals surface area contributed by atoms with Gasteiger partial charge in [-0.3, -0.25) is 0 Å². The number of benzene rings is 1. The second kappa shape index (κ2) is 7.09. The summed E-state index contributed by atoms with van der Waals surface area (Å²) in [5.74, 6) is 1.30. The normalized spacial score (nSPS) is 11.8. The number of thioether (sulfide) groups is 1. The summed E-state index contributed by atoms with van der Waals surface area (Å²) in [5, 5.41) is 11.7. The molecule has 1 aromatic heterocycles. The quantitative estimate of drug-likeness (QED) is 0.650. The highest BCUT2D eigenvalue weighted by Gasteiger charge is 2.10. The van der Waals surface area contributed by atoms with Crippen LogP contribution in [0.4, 0.5) is 0 Å². The molecule has 1 heterocycles. The molecule has 21 heavy (non-hydrogen) atoms. The van der Waals surface area contributed by atoms with Crippen molar-refractivity contribution in [3.05, 3.63) is 30.2 Å². The maximum atomic E-state index is 5.72. The fourth-order valence-corrected chi connectivity index (χ4v) is 2.32.